The van der Waals surface area contributed by atoms with E-state index in [1.165, 1.54) is 18.2 Å². The van der Waals surface area contributed by atoms with Gasteiger partial charge in [0.1, 0.15) is 11.5 Å². The van der Waals surface area contributed by atoms with Crippen molar-refractivity contribution in [1.29, 1.82) is 0 Å². The largest absolute Gasteiger partial charge is 0.456 e. The fraction of sp³-hybridized carbons (Fsp3) is 0.133. The Morgan fingerprint density at radius 2 is 1.95 bits per heavy atom. The molecule has 0 spiro atoms. The Bertz CT molecular complexity index is 757. The zero-order valence-corrected chi connectivity index (χ0v) is 11.6. The molecule has 0 bridgehead atoms. The minimum atomic E-state index is -0.517. The predicted octanol–water partition coefficient (Wildman–Crippen LogP) is 4.17. The number of nitrogens with zero attached hydrogens (tertiary/aromatic N) is 1. The molecule has 0 N–H and O–H groups in total. The molecule has 6 heteroatoms. The molecule has 0 unspecified atom stereocenters. The van der Waals surface area contributed by atoms with Crippen LogP contribution in [-0.4, -0.2) is 10.7 Å². The standard InChI is InChI=1S/C15H10ClNO4/c16-13-8-10(17(19)20)2-6-15(13)21-11-3-4-12-9(7-11)1-5-14(12)18/h2-4,6-8H,1,5H2. The van der Waals surface area contributed by atoms with Gasteiger partial charge >= 0.3 is 0 Å². The summed E-state index contributed by atoms with van der Waals surface area (Å²) in [6.45, 7) is 0. The average molecular weight is 304 g/mol. The lowest BCUT2D eigenvalue weighted by atomic mass is 10.1. The maximum absolute atomic E-state index is 11.6. The molecule has 0 amide bonds. The van der Waals surface area contributed by atoms with Gasteiger partial charge in [0.2, 0.25) is 0 Å². The lowest BCUT2D eigenvalue weighted by molar-refractivity contribution is -0.384. The van der Waals surface area contributed by atoms with E-state index in [9.17, 15) is 14.9 Å². The number of halogens is 1. The van der Waals surface area contributed by atoms with Gasteiger partial charge in [0.05, 0.1) is 9.95 Å². The maximum Gasteiger partial charge on any atom is 0.271 e. The lowest BCUT2D eigenvalue weighted by Gasteiger charge is -2.08. The topological polar surface area (TPSA) is 69.4 Å². The Morgan fingerprint density at radius 3 is 2.67 bits per heavy atom. The SMILES string of the molecule is O=C1CCc2cc(Oc3ccc([N+](=O)[O-])cc3Cl)ccc21. The molecule has 0 saturated carbocycles. The molecule has 0 atom stereocenters. The highest BCUT2D eigenvalue weighted by atomic mass is 35.5. The van der Waals surface area contributed by atoms with Crippen molar-refractivity contribution in [1.82, 2.24) is 0 Å². The van der Waals surface area contributed by atoms with Crippen molar-refractivity contribution in [2.24, 2.45) is 0 Å². The summed E-state index contributed by atoms with van der Waals surface area (Å²) in [6, 6.07) is 9.27. The Labute approximate surface area is 125 Å². The van der Waals surface area contributed by atoms with E-state index in [2.05, 4.69) is 0 Å². The van der Waals surface area contributed by atoms with Gasteiger partial charge in [-0.3, -0.25) is 14.9 Å². The van der Waals surface area contributed by atoms with Crippen molar-refractivity contribution in [3.8, 4) is 11.5 Å². The van der Waals surface area contributed by atoms with Crippen LogP contribution in [0.4, 0.5) is 5.69 Å². The van der Waals surface area contributed by atoms with Crippen LogP contribution in [-0.2, 0) is 6.42 Å². The first-order chi connectivity index (χ1) is 10.0. The predicted molar refractivity (Wildman–Crippen MR) is 77.3 cm³/mol. The Hall–Kier alpha value is -2.40. The number of Topliss-reactive ketones (excluding diaryl/α,β-unsaturated/α-hetero) is 1. The maximum atomic E-state index is 11.6. The van der Waals surface area contributed by atoms with Gasteiger partial charge in [0, 0.05) is 24.1 Å². The van der Waals surface area contributed by atoms with Crippen LogP contribution in [0.15, 0.2) is 36.4 Å². The summed E-state index contributed by atoms with van der Waals surface area (Å²) in [4.78, 5) is 21.7. The minimum absolute atomic E-state index is 0.0908. The highest BCUT2D eigenvalue weighted by Crippen LogP contribution is 2.34. The summed E-state index contributed by atoms with van der Waals surface area (Å²) in [5.41, 5.74) is 1.60. The normalized spacial score (nSPS) is 13.1. The Balaban J connectivity index is 1.87. The summed E-state index contributed by atoms with van der Waals surface area (Å²) >= 11 is 5.98. The first kappa shape index (κ1) is 13.6. The first-order valence-corrected chi connectivity index (χ1v) is 6.70. The Morgan fingerprint density at radius 1 is 1.14 bits per heavy atom. The zero-order valence-electron chi connectivity index (χ0n) is 10.8. The van der Waals surface area contributed by atoms with Crippen LogP contribution in [0.5, 0.6) is 11.5 Å². The van der Waals surface area contributed by atoms with Crippen molar-refractivity contribution < 1.29 is 14.5 Å². The molecule has 1 aliphatic carbocycles. The van der Waals surface area contributed by atoms with Gasteiger partial charge in [-0.15, -0.1) is 0 Å². The van der Waals surface area contributed by atoms with Gasteiger partial charge in [-0.05, 0) is 36.2 Å². The van der Waals surface area contributed by atoms with E-state index in [1.54, 1.807) is 18.2 Å². The third kappa shape index (κ3) is 2.60. The van der Waals surface area contributed by atoms with Gasteiger partial charge in [0.25, 0.3) is 5.69 Å². The van der Waals surface area contributed by atoms with Crippen molar-refractivity contribution in [2.75, 3.05) is 0 Å². The number of nitro benzene ring substituents is 1. The van der Waals surface area contributed by atoms with Crippen LogP contribution in [0.25, 0.3) is 0 Å². The quantitative estimate of drug-likeness (QED) is 0.630. The molecular weight excluding hydrogens is 294 g/mol. The van der Waals surface area contributed by atoms with Crippen LogP contribution in [0.3, 0.4) is 0 Å². The molecule has 2 aromatic rings. The third-order valence-corrected chi connectivity index (χ3v) is 3.65. The summed E-state index contributed by atoms with van der Waals surface area (Å²) in [5, 5.41) is 10.8. The average Bonchev–Trinajstić information content (AvgIpc) is 2.82. The van der Waals surface area contributed by atoms with E-state index >= 15 is 0 Å². The van der Waals surface area contributed by atoms with E-state index in [0.29, 0.717) is 24.3 Å². The fourth-order valence-electron chi connectivity index (χ4n) is 2.31. The highest BCUT2D eigenvalue weighted by molar-refractivity contribution is 6.32. The van der Waals surface area contributed by atoms with Gasteiger partial charge in [-0.25, -0.2) is 0 Å². The number of carbonyl (C=O) groups excluding carboxylic acids is 1. The molecule has 21 heavy (non-hydrogen) atoms. The van der Waals surface area contributed by atoms with Crippen LogP contribution >= 0.6 is 11.6 Å². The zero-order chi connectivity index (χ0) is 15.0. The molecule has 106 valence electrons. The number of non-ortho nitro benzene ring substituents is 1. The van der Waals surface area contributed by atoms with Crippen molar-refractivity contribution >= 4 is 23.1 Å². The lowest BCUT2D eigenvalue weighted by Crippen LogP contribution is -1.93. The van der Waals surface area contributed by atoms with Gasteiger partial charge in [-0.1, -0.05) is 11.6 Å². The Kier molecular flexibility index (Phi) is 3.35. The van der Waals surface area contributed by atoms with Crippen LogP contribution < -0.4 is 4.74 Å². The molecule has 3 rings (SSSR count). The van der Waals surface area contributed by atoms with Crippen molar-refractivity contribution in [3.05, 3.63) is 62.7 Å². The monoisotopic (exact) mass is 303 g/mol. The number of ketones is 1. The number of ether oxygens (including phenoxy) is 1. The molecule has 0 saturated heterocycles. The molecule has 0 aliphatic heterocycles. The molecule has 0 heterocycles. The van der Waals surface area contributed by atoms with Crippen molar-refractivity contribution in [3.63, 3.8) is 0 Å². The molecule has 0 aromatic heterocycles. The van der Waals surface area contributed by atoms with Gasteiger partial charge in [-0.2, -0.15) is 0 Å². The molecule has 1 aliphatic rings. The first-order valence-electron chi connectivity index (χ1n) is 6.32. The van der Waals surface area contributed by atoms with E-state index in [1.807, 2.05) is 0 Å². The second-order valence-corrected chi connectivity index (χ2v) is 5.12. The fourth-order valence-corrected chi connectivity index (χ4v) is 2.52. The third-order valence-electron chi connectivity index (χ3n) is 3.35. The summed E-state index contributed by atoms with van der Waals surface area (Å²) in [6.07, 6.45) is 1.23. The van der Waals surface area contributed by atoms with E-state index < -0.39 is 4.92 Å². The number of hydrogen-bond acceptors (Lipinski definition) is 4. The summed E-state index contributed by atoms with van der Waals surface area (Å²) in [5.74, 6) is 1.04. The molecule has 2 aromatic carbocycles. The van der Waals surface area contributed by atoms with Crippen molar-refractivity contribution in [2.45, 2.75) is 12.8 Å². The number of hydrogen-bond donors (Lipinski definition) is 0. The van der Waals surface area contributed by atoms with Crippen LogP contribution in [0, 0.1) is 10.1 Å². The molecule has 5 nitrogen and oxygen atoms in total. The highest BCUT2D eigenvalue weighted by Gasteiger charge is 2.20. The van der Waals surface area contributed by atoms with Crippen LogP contribution in [0.2, 0.25) is 5.02 Å². The second kappa shape index (κ2) is 5.18. The number of carbonyl (C=O) groups is 1. The smallest absolute Gasteiger partial charge is 0.271 e. The molecule has 0 fully saturated rings. The van der Waals surface area contributed by atoms with Gasteiger partial charge in [0.15, 0.2) is 5.78 Å². The number of nitro groups is 1. The van der Waals surface area contributed by atoms with E-state index in [-0.39, 0.29) is 16.5 Å². The minimum Gasteiger partial charge on any atom is -0.456 e. The summed E-state index contributed by atoms with van der Waals surface area (Å²) in [7, 11) is 0. The number of aryl methyl sites for hydroxylation is 1. The second-order valence-electron chi connectivity index (χ2n) is 4.72. The number of benzene rings is 2. The molecular formula is C15H10ClNO4. The van der Waals surface area contributed by atoms with Crippen LogP contribution in [0.1, 0.15) is 22.3 Å². The van der Waals surface area contributed by atoms with E-state index in [0.717, 1.165) is 11.1 Å². The number of rotatable bonds is 3. The van der Waals surface area contributed by atoms with E-state index in [4.69, 9.17) is 16.3 Å². The summed E-state index contributed by atoms with van der Waals surface area (Å²) < 4.78 is 5.64. The van der Waals surface area contributed by atoms with Gasteiger partial charge < -0.3 is 4.74 Å². The molecule has 0 radical (unpaired) electrons. The number of fused-ring (bicyclic) bond motifs is 1.